The van der Waals surface area contributed by atoms with Gasteiger partial charge in [0.1, 0.15) is 0 Å². The lowest BCUT2D eigenvalue weighted by Crippen LogP contribution is -2.08. The number of carbonyl (C=O) groups excluding carboxylic acids is 1. The number of rotatable bonds is 6. The molecule has 1 N–H and O–H groups in total. The summed E-state index contributed by atoms with van der Waals surface area (Å²) in [5.74, 6) is 1.47. The molecule has 0 atom stereocenters. The monoisotopic (exact) mass is 407 g/mol. The van der Waals surface area contributed by atoms with Crippen molar-refractivity contribution < 1.29 is 14.3 Å². The van der Waals surface area contributed by atoms with Gasteiger partial charge in [-0.25, -0.2) is 0 Å². The van der Waals surface area contributed by atoms with Crippen LogP contribution in [0.1, 0.15) is 5.56 Å². The lowest BCUT2D eigenvalue weighted by Gasteiger charge is -2.08. The molecule has 8 nitrogen and oxygen atoms in total. The highest BCUT2D eigenvalue weighted by Crippen LogP contribution is 2.32. The fraction of sp³-hybridized carbons (Fsp3) is 0.100. The van der Waals surface area contributed by atoms with Crippen LogP contribution >= 0.6 is 11.3 Å². The molecule has 2 aromatic heterocycles. The van der Waals surface area contributed by atoms with E-state index in [1.54, 1.807) is 36.9 Å². The first-order chi connectivity index (χ1) is 14.2. The first-order valence-corrected chi connectivity index (χ1v) is 9.48. The molecule has 0 aliphatic rings. The Morgan fingerprint density at radius 3 is 2.62 bits per heavy atom. The van der Waals surface area contributed by atoms with E-state index in [1.165, 1.54) is 17.4 Å². The van der Waals surface area contributed by atoms with Gasteiger partial charge < -0.3 is 9.47 Å². The number of fused-ring (bicyclic) bond motifs is 1. The van der Waals surface area contributed by atoms with Gasteiger partial charge in [0.25, 0.3) is 0 Å². The third kappa shape index (κ3) is 3.94. The number of hydrogen-bond donors (Lipinski definition) is 1. The van der Waals surface area contributed by atoms with Crippen LogP contribution in [0.3, 0.4) is 0 Å². The summed E-state index contributed by atoms with van der Waals surface area (Å²) in [7, 11) is 3.15. The molecule has 0 radical (unpaired) electrons. The summed E-state index contributed by atoms with van der Waals surface area (Å²) in [5.41, 5.74) is 1.71. The van der Waals surface area contributed by atoms with Crippen molar-refractivity contribution in [3.05, 3.63) is 60.2 Å². The van der Waals surface area contributed by atoms with Gasteiger partial charge in [-0.3, -0.25) is 10.1 Å². The van der Waals surface area contributed by atoms with Crippen LogP contribution in [-0.4, -0.2) is 39.9 Å². The summed E-state index contributed by atoms with van der Waals surface area (Å²) in [6.07, 6.45) is 3.21. The smallest absolute Gasteiger partial charge is 0.250 e. The Balaban J connectivity index is 1.56. The van der Waals surface area contributed by atoms with Crippen molar-refractivity contribution in [2.45, 2.75) is 0 Å². The predicted octanol–water partition coefficient (Wildman–Crippen LogP) is 3.52. The van der Waals surface area contributed by atoms with Crippen molar-refractivity contribution in [3.8, 4) is 22.9 Å². The molecule has 0 aliphatic heterocycles. The SMILES string of the molecule is COc1ccc(-c2nnc3sc(NC(=O)C=Cc4ccccc4)nn23)cc1OC. The number of methoxy groups -OCH3 is 2. The number of amides is 1. The predicted molar refractivity (Wildman–Crippen MR) is 111 cm³/mol. The molecular weight excluding hydrogens is 390 g/mol. The van der Waals surface area contributed by atoms with Gasteiger partial charge in [0.15, 0.2) is 17.3 Å². The summed E-state index contributed by atoms with van der Waals surface area (Å²) in [4.78, 5) is 12.8. The summed E-state index contributed by atoms with van der Waals surface area (Å²) in [6, 6.07) is 15.0. The standard InChI is InChI=1S/C20H17N5O3S/c1-27-15-10-9-14(12-16(15)28-2)18-22-23-20-25(18)24-19(29-20)21-17(26)11-8-13-6-4-3-5-7-13/h3-12H,1-2H3,(H,21,24,26). The quantitative estimate of drug-likeness (QED) is 0.492. The van der Waals surface area contributed by atoms with Crippen LogP contribution in [-0.2, 0) is 4.79 Å². The maximum Gasteiger partial charge on any atom is 0.250 e. The van der Waals surface area contributed by atoms with Crippen molar-refractivity contribution >= 4 is 33.4 Å². The third-order valence-electron chi connectivity index (χ3n) is 4.09. The number of nitrogens with one attached hydrogen (secondary N) is 1. The van der Waals surface area contributed by atoms with Crippen molar-refractivity contribution in [2.24, 2.45) is 0 Å². The van der Waals surface area contributed by atoms with E-state index >= 15 is 0 Å². The van der Waals surface area contributed by atoms with E-state index in [0.29, 0.717) is 27.4 Å². The van der Waals surface area contributed by atoms with Crippen molar-refractivity contribution in [1.29, 1.82) is 0 Å². The van der Waals surface area contributed by atoms with Crippen LogP contribution in [0.5, 0.6) is 11.5 Å². The van der Waals surface area contributed by atoms with E-state index in [4.69, 9.17) is 9.47 Å². The zero-order chi connectivity index (χ0) is 20.2. The highest BCUT2D eigenvalue weighted by Gasteiger charge is 2.16. The second kappa shape index (κ2) is 8.11. The molecule has 2 heterocycles. The molecule has 0 spiro atoms. The van der Waals surface area contributed by atoms with Gasteiger partial charge in [-0.15, -0.1) is 15.3 Å². The Kier molecular flexibility index (Phi) is 5.21. The second-order valence-corrected chi connectivity index (χ2v) is 6.88. The molecule has 0 aliphatic carbocycles. The second-order valence-electron chi connectivity index (χ2n) is 5.93. The molecule has 1 amide bonds. The minimum absolute atomic E-state index is 0.272. The van der Waals surface area contributed by atoms with Gasteiger partial charge in [0.2, 0.25) is 16.0 Å². The third-order valence-corrected chi connectivity index (χ3v) is 4.90. The zero-order valence-electron chi connectivity index (χ0n) is 15.7. The van der Waals surface area contributed by atoms with E-state index in [2.05, 4.69) is 20.6 Å². The molecular formula is C20H17N5O3S. The molecule has 0 fully saturated rings. The number of nitrogens with zero attached hydrogens (tertiary/aromatic N) is 4. The van der Waals surface area contributed by atoms with Crippen LogP contribution in [0.2, 0.25) is 0 Å². The normalized spacial score (nSPS) is 11.1. The average Bonchev–Trinajstić information content (AvgIpc) is 3.32. The Hall–Kier alpha value is -3.72. The van der Waals surface area contributed by atoms with E-state index in [9.17, 15) is 4.79 Å². The molecule has 4 rings (SSSR count). The molecule has 146 valence electrons. The minimum Gasteiger partial charge on any atom is -0.493 e. The molecule has 2 aromatic carbocycles. The Morgan fingerprint density at radius 2 is 1.86 bits per heavy atom. The maximum absolute atomic E-state index is 12.2. The van der Waals surface area contributed by atoms with Gasteiger partial charge in [-0.2, -0.15) is 4.52 Å². The molecule has 0 bridgehead atoms. The van der Waals surface area contributed by atoms with E-state index in [-0.39, 0.29) is 5.91 Å². The molecule has 0 saturated heterocycles. The van der Waals surface area contributed by atoms with Crippen LogP contribution in [0.15, 0.2) is 54.6 Å². The number of benzene rings is 2. The van der Waals surface area contributed by atoms with E-state index < -0.39 is 0 Å². The first kappa shape index (κ1) is 18.6. The summed E-state index contributed by atoms with van der Waals surface area (Å²) in [6.45, 7) is 0. The van der Waals surface area contributed by atoms with Gasteiger partial charge in [0.05, 0.1) is 14.2 Å². The number of carbonyl (C=O) groups is 1. The van der Waals surface area contributed by atoms with Crippen LogP contribution < -0.4 is 14.8 Å². The molecule has 0 unspecified atom stereocenters. The highest BCUT2D eigenvalue weighted by molar-refractivity contribution is 7.20. The van der Waals surface area contributed by atoms with Crippen LogP contribution in [0.25, 0.3) is 22.4 Å². The van der Waals surface area contributed by atoms with Gasteiger partial charge in [-0.05, 0) is 29.8 Å². The van der Waals surface area contributed by atoms with Crippen molar-refractivity contribution in [3.63, 3.8) is 0 Å². The summed E-state index contributed by atoms with van der Waals surface area (Å²) in [5, 5.41) is 15.9. The van der Waals surface area contributed by atoms with Gasteiger partial charge >= 0.3 is 0 Å². The molecule has 0 saturated carbocycles. The fourth-order valence-electron chi connectivity index (χ4n) is 2.71. The Labute approximate surface area is 170 Å². The van der Waals surface area contributed by atoms with Crippen molar-refractivity contribution in [1.82, 2.24) is 19.8 Å². The van der Waals surface area contributed by atoms with Gasteiger partial charge in [0, 0.05) is 11.6 Å². The summed E-state index contributed by atoms with van der Waals surface area (Å²) < 4.78 is 12.2. The Morgan fingerprint density at radius 1 is 1.07 bits per heavy atom. The van der Waals surface area contributed by atoms with Crippen molar-refractivity contribution in [2.75, 3.05) is 19.5 Å². The summed E-state index contributed by atoms with van der Waals surface area (Å²) >= 11 is 1.24. The van der Waals surface area contributed by atoms with Gasteiger partial charge in [-0.1, -0.05) is 41.7 Å². The van der Waals surface area contributed by atoms with E-state index in [0.717, 1.165) is 11.1 Å². The van der Waals surface area contributed by atoms with Crippen LogP contribution in [0, 0.1) is 0 Å². The fourth-order valence-corrected chi connectivity index (χ4v) is 3.45. The minimum atomic E-state index is -0.272. The zero-order valence-corrected chi connectivity index (χ0v) is 16.5. The number of anilines is 1. The Bertz CT molecular complexity index is 1180. The molecule has 9 heteroatoms. The highest BCUT2D eigenvalue weighted by atomic mass is 32.1. The topological polar surface area (TPSA) is 90.6 Å². The van der Waals surface area contributed by atoms with E-state index in [1.807, 2.05) is 36.4 Å². The first-order valence-electron chi connectivity index (χ1n) is 8.66. The average molecular weight is 407 g/mol. The largest absolute Gasteiger partial charge is 0.493 e. The lowest BCUT2D eigenvalue weighted by atomic mass is 10.2. The number of ether oxygens (including phenoxy) is 2. The number of aromatic nitrogens is 4. The number of hydrogen-bond acceptors (Lipinski definition) is 7. The maximum atomic E-state index is 12.2. The lowest BCUT2D eigenvalue weighted by molar-refractivity contribution is -0.111. The molecule has 4 aromatic rings. The molecule has 29 heavy (non-hydrogen) atoms. The van der Waals surface area contributed by atoms with Crippen LogP contribution in [0.4, 0.5) is 5.13 Å².